The van der Waals surface area contributed by atoms with Crippen LogP contribution in [0.25, 0.3) is 22.6 Å². The van der Waals surface area contributed by atoms with Gasteiger partial charge in [0.2, 0.25) is 0 Å². The van der Waals surface area contributed by atoms with E-state index >= 15 is 0 Å². The molecule has 0 radical (unpaired) electrons. The molecule has 1 aromatic carbocycles. The van der Waals surface area contributed by atoms with E-state index in [-0.39, 0.29) is 6.09 Å². The monoisotopic (exact) mass is 652 g/mol. The van der Waals surface area contributed by atoms with Gasteiger partial charge in [-0.2, -0.15) is 0 Å². The van der Waals surface area contributed by atoms with Crippen molar-refractivity contribution < 1.29 is 9.53 Å². The number of aromatic amines is 1. The number of carbonyl (C=O) groups excluding carboxylic acids is 1. The number of benzene rings is 1. The van der Waals surface area contributed by atoms with Crippen molar-refractivity contribution in [3.05, 3.63) is 51.0 Å². The molecule has 6 rings (SSSR count). The van der Waals surface area contributed by atoms with Gasteiger partial charge in [0, 0.05) is 81.7 Å². The predicted molar refractivity (Wildman–Crippen MR) is 171 cm³/mol. The highest BCUT2D eigenvalue weighted by molar-refractivity contribution is 9.10. The zero-order valence-corrected chi connectivity index (χ0v) is 27.0. The molecule has 1 amide bonds. The molecule has 0 saturated carbocycles. The van der Waals surface area contributed by atoms with Gasteiger partial charge in [0.05, 0.1) is 20.9 Å². The fraction of sp³-hybridized carbons (Fsp3) is 0.467. The van der Waals surface area contributed by atoms with Crippen LogP contribution >= 0.6 is 27.3 Å². The number of hydrogen-bond acceptors (Lipinski definition) is 9. The molecule has 4 aromatic rings. The SMILES string of the molecule is Cc1nc(CN2CCN(c3c(Br)cnc4[nH]c(-c5ccc(N6CCN(C(=O)OC(C)(C)C)CC6)cc5)nc34)CC2)cs1. The maximum atomic E-state index is 12.4. The highest BCUT2D eigenvalue weighted by Crippen LogP contribution is 2.35. The van der Waals surface area contributed by atoms with Crippen LogP contribution in [0.5, 0.6) is 0 Å². The number of aromatic nitrogens is 4. The first-order chi connectivity index (χ1) is 20.1. The number of carbonyl (C=O) groups is 1. The summed E-state index contributed by atoms with van der Waals surface area (Å²) < 4.78 is 6.49. The molecule has 12 heteroatoms. The van der Waals surface area contributed by atoms with Crippen LogP contribution in [0.4, 0.5) is 16.2 Å². The predicted octanol–water partition coefficient (Wildman–Crippen LogP) is 5.53. The number of fused-ring (bicyclic) bond motifs is 1. The van der Waals surface area contributed by atoms with E-state index in [1.807, 2.05) is 27.0 Å². The second-order valence-corrected chi connectivity index (χ2v) is 13.8. The Bertz CT molecular complexity index is 1550. The molecule has 0 spiro atoms. The van der Waals surface area contributed by atoms with E-state index in [0.717, 1.165) is 94.9 Å². The van der Waals surface area contributed by atoms with Gasteiger partial charge in [0.15, 0.2) is 5.65 Å². The number of imidazole rings is 1. The van der Waals surface area contributed by atoms with Crippen molar-refractivity contribution in [2.45, 2.75) is 39.8 Å². The maximum Gasteiger partial charge on any atom is 0.410 e. The average Bonchev–Trinajstić information content (AvgIpc) is 3.59. The van der Waals surface area contributed by atoms with E-state index < -0.39 is 5.60 Å². The standard InChI is InChI=1S/C30H37BrN8O2S/c1-20-33-22(19-42-20)18-36-9-11-38(12-10-36)26-24(31)17-32-28-25(26)34-27(35-28)21-5-7-23(8-6-21)37-13-15-39(16-14-37)29(40)41-30(2,3)4/h5-8,17,19H,9-16,18H2,1-4H3,(H,32,34,35). The third-order valence-electron chi connectivity index (χ3n) is 7.62. The number of ether oxygens (including phenoxy) is 1. The molecule has 0 unspecified atom stereocenters. The maximum absolute atomic E-state index is 12.4. The Morgan fingerprint density at radius 3 is 2.33 bits per heavy atom. The molecule has 222 valence electrons. The Balaban J connectivity index is 1.12. The van der Waals surface area contributed by atoms with Crippen LogP contribution in [0.3, 0.4) is 0 Å². The number of aryl methyl sites for hydroxylation is 1. The number of halogens is 1. The molecule has 0 bridgehead atoms. The molecule has 3 aromatic heterocycles. The van der Waals surface area contributed by atoms with Crippen molar-refractivity contribution in [3.8, 4) is 11.4 Å². The van der Waals surface area contributed by atoms with Gasteiger partial charge >= 0.3 is 6.09 Å². The molecule has 0 atom stereocenters. The van der Waals surface area contributed by atoms with Gasteiger partial charge in [-0.1, -0.05) is 0 Å². The van der Waals surface area contributed by atoms with Gasteiger partial charge in [-0.15, -0.1) is 11.3 Å². The second-order valence-electron chi connectivity index (χ2n) is 11.9. The summed E-state index contributed by atoms with van der Waals surface area (Å²) in [5.41, 5.74) is 5.57. The van der Waals surface area contributed by atoms with E-state index in [9.17, 15) is 4.79 Å². The summed E-state index contributed by atoms with van der Waals surface area (Å²) in [5.74, 6) is 0.802. The Labute approximate surface area is 258 Å². The Morgan fingerprint density at radius 1 is 1.00 bits per heavy atom. The molecule has 2 aliphatic rings. The van der Waals surface area contributed by atoms with Gasteiger partial charge in [0.1, 0.15) is 16.9 Å². The minimum atomic E-state index is -0.483. The lowest BCUT2D eigenvalue weighted by Gasteiger charge is -2.36. The number of H-pyrrole nitrogens is 1. The van der Waals surface area contributed by atoms with Crippen molar-refractivity contribution in [2.24, 2.45) is 0 Å². The minimum absolute atomic E-state index is 0.241. The summed E-state index contributed by atoms with van der Waals surface area (Å²) in [6.07, 6.45) is 1.62. The van der Waals surface area contributed by atoms with Crippen molar-refractivity contribution in [3.63, 3.8) is 0 Å². The first-order valence-electron chi connectivity index (χ1n) is 14.4. The number of hydrogen-bond donors (Lipinski definition) is 1. The summed E-state index contributed by atoms with van der Waals surface area (Å²) >= 11 is 5.46. The fourth-order valence-electron chi connectivity index (χ4n) is 5.50. The zero-order chi connectivity index (χ0) is 29.4. The lowest BCUT2D eigenvalue weighted by molar-refractivity contribution is 0.0240. The minimum Gasteiger partial charge on any atom is -0.444 e. The van der Waals surface area contributed by atoms with Crippen LogP contribution in [0.1, 0.15) is 31.5 Å². The number of pyridine rings is 1. The van der Waals surface area contributed by atoms with Crippen LogP contribution < -0.4 is 9.80 Å². The van der Waals surface area contributed by atoms with Crippen molar-refractivity contribution in [2.75, 3.05) is 62.2 Å². The number of amides is 1. The number of nitrogens with one attached hydrogen (secondary N) is 1. The highest BCUT2D eigenvalue weighted by atomic mass is 79.9. The third kappa shape index (κ3) is 6.40. The number of rotatable bonds is 5. The molecule has 5 heterocycles. The molecule has 42 heavy (non-hydrogen) atoms. The summed E-state index contributed by atoms with van der Waals surface area (Å²) in [5, 5.41) is 3.28. The van der Waals surface area contributed by atoms with Gasteiger partial charge in [-0.3, -0.25) is 4.90 Å². The summed E-state index contributed by atoms with van der Waals surface area (Å²) in [6, 6.07) is 8.44. The smallest absolute Gasteiger partial charge is 0.410 e. The van der Waals surface area contributed by atoms with Gasteiger partial charge in [-0.25, -0.2) is 19.7 Å². The molecular weight excluding hydrogens is 616 g/mol. The number of piperazine rings is 2. The van der Waals surface area contributed by atoms with E-state index in [2.05, 4.69) is 82.2 Å². The molecule has 2 saturated heterocycles. The van der Waals surface area contributed by atoms with E-state index in [1.54, 1.807) is 16.2 Å². The Kier molecular flexibility index (Phi) is 8.12. The first kappa shape index (κ1) is 28.9. The van der Waals surface area contributed by atoms with Crippen LogP contribution in [-0.4, -0.2) is 93.8 Å². The van der Waals surface area contributed by atoms with Crippen LogP contribution in [0.2, 0.25) is 0 Å². The van der Waals surface area contributed by atoms with E-state index in [0.29, 0.717) is 13.1 Å². The summed E-state index contributed by atoms with van der Waals surface area (Å²) in [6.45, 7) is 15.2. The molecule has 2 fully saturated rings. The van der Waals surface area contributed by atoms with E-state index in [4.69, 9.17) is 9.72 Å². The number of thiazole rings is 1. The number of anilines is 2. The number of nitrogens with zero attached hydrogens (tertiary/aromatic N) is 7. The van der Waals surface area contributed by atoms with Crippen molar-refractivity contribution in [1.29, 1.82) is 0 Å². The van der Waals surface area contributed by atoms with Crippen molar-refractivity contribution in [1.82, 2.24) is 29.7 Å². The highest BCUT2D eigenvalue weighted by Gasteiger charge is 2.27. The van der Waals surface area contributed by atoms with Crippen molar-refractivity contribution >= 4 is 55.9 Å². The third-order valence-corrected chi connectivity index (χ3v) is 9.02. The fourth-order valence-corrected chi connectivity index (χ4v) is 6.64. The van der Waals surface area contributed by atoms with Gasteiger partial charge in [-0.05, 0) is 67.9 Å². The Morgan fingerprint density at radius 2 is 1.69 bits per heavy atom. The van der Waals surface area contributed by atoms with Crippen LogP contribution in [-0.2, 0) is 11.3 Å². The molecular formula is C30H37BrN8O2S. The molecule has 10 nitrogen and oxygen atoms in total. The summed E-state index contributed by atoms with van der Waals surface area (Å²) in [4.78, 5) is 39.1. The second kappa shape index (κ2) is 11.8. The van der Waals surface area contributed by atoms with Crippen LogP contribution in [0.15, 0.2) is 40.3 Å². The van der Waals surface area contributed by atoms with Gasteiger partial charge < -0.3 is 24.4 Å². The first-order valence-corrected chi connectivity index (χ1v) is 16.1. The molecule has 2 aliphatic heterocycles. The quantitative estimate of drug-likeness (QED) is 0.301. The largest absolute Gasteiger partial charge is 0.444 e. The normalized spacial score (nSPS) is 16.8. The topological polar surface area (TPSA) is 93.7 Å². The molecule has 0 aliphatic carbocycles. The lowest BCUT2D eigenvalue weighted by Crippen LogP contribution is -2.50. The summed E-state index contributed by atoms with van der Waals surface area (Å²) in [7, 11) is 0. The molecule has 1 N–H and O–H groups in total. The Hall–Kier alpha value is -3.22. The van der Waals surface area contributed by atoms with E-state index in [1.165, 1.54) is 0 Å². The van der Waals surface area contributed by atoms with Crippen LogP contribution in [0, 0.1) is 6.92 Å². The lowest BCUT2D eigenvalue weighted by atomic mass is 10.1. The average molecular weight is 654 g/mol. The zero-order valence-electron chi connectivity index (χ0n) is 24.6. The van der Waals surface area contributed by atoms with Gasteiger partial charge in [0.25, 0.3) is 0 Å².